The Morgan fingerprint density at radius 2 is 2.21 bits per heavy atom. The van der Waals surface area contributed by atoms with Crippen molar-refractivity contribution in [3.8, 4) is 0 Å². The summed E-state index contributed by atoms with van der Waals surface area (Å²) in [7, 11) is 0. The molecule has 0 bridgehead atoms. The minimum Gasteiger partial charge on any atom is -0.358 e. The van der Waals surface area contributed by atoms with Gasteiger partial charge in [0.2, 0.25) is 0 Å². The van der Waals surface area contributed by atoms with Crippen LogP contribution in [0.15, 0.2) is 6.07 Å². The highest BCUT2D eigenvalue weighted by Crippen LogP contribution is 2.29. The van der Waals surface area contributed by atoms with Crippen molar-refractivity contribution in [3.63, 3.8) is 0 Å². The lowest BCUT2D eigenvalue weighted by Gasteiger charge is -2.01. The maximum atomic E-state index is 12.2. The average Bonchev–Trinajstić information content (AvgIpc) is 2.07. The first kappa shape index (κ1) is 10.8. The summed E-state index contributed by atoms with van der Waals surface area (Å²) in [6, 6.07) is 0.970. The molecular weight excluding hydrogens is 218 g/mol. The normalized spacial score (nSPS) is 10.6. The summed E-state index contributed by atoms with van der Waals surface area (Å²) in [4.78, 5) is 12.9. The second-order valence-electron chi connectivity index (χ2n) is 2.57. The molecule has 0 aliphatic carbocycles. The van der Waals surface area contributed by atoms with Crippen LogP contribution in [0.1, 0.15) is 17.6 Å². The van der Waals surface area contributed by atoms with Gasteiger partial charge in [-0.05, 0) is 34.5 Å². The number of aromatic nitrogens is 1. The van der Waals surface area contributed by atoms with Gasteiger partial charge < -0.3 is 10.1 Å². The summed E-state index contributed by atoms with van der Waals surface area (Å²) in [5.74, 6) is -0.501. The highest BCUT2D eigenvalue weighted by Gasteiger charge is 2.22. The molecule has 0 aliphatic rings. The maximum absolute atomic E-state index is 12.2. The molecule has 0 aromatic carbocycles. The SMILES string of the molecule is Cc1cc(C(F)F)c(Cl)nc1[N+](=O)[O-]. The third-order valence-corrected chi connectivity index (χ3v) is 1.88. The van der Waals surface area contributed by atoms with Crippen molar-refractivity contribution in [2.24, 2.45) is 0 Å². The second kappa shape index (κ2) is 3.83. The van der Waals surface area contributed by atoms with E-state index >= 15 is 0 Å². The molecule has 0 saturated heterocycles. The third-order valence-electron chi connectivity index (χ3n) is 1.58. The number of alkyl halides is 2. The Morgan fingerprint density at radius 3 is 2.64 bits per heavy atom. The first-order valence-electron chi connectivity index (χ1n) is 3.53. The number of rotatable bonds is 2. The Bertz CT molecular complexity index is 384. The summed E-state index contributed by atoms with van der Waals surface area (Å²) in [6.45, 7) is 1.33. The van der Waals surface area contributed by atoms with Crippen molar-refractivity contribution in [1.29, 1.82) is 0 Å². The van der Waals surface area contributed by atoms with Crippen LogP contribution in [0, 0.1) is 17.0 Å². The number of nitrogens with zero attached hydrogens (tertiary/aromatic N) is 2. The van der Waals surface area contributed by atoms with Gasteiger partial charge in [0.05, 0.1) is 5.56 Å². The fourth-order valence-corrected chi connectivity index (χ4v) is 1.16. The lowest BCUT2D eigenvalue weighted by Crippen LogP contribution is -1.99. The fourth-order valence-electron chi connectivity index (χ4n) is 0.941. The van der Waals surface area contributed by atoms with E-state index in [2.05, 4.69) is 4.98 Å². The molecule has 0 N–H and O–H groups in total. The monoisotopic (exact) mass is 222 g/mol. The van der Waals surface area contributed by atoms with Crippen LogP contribution in [-0.4, -0.2) is 9.91 Å². The van der Waals surface area contributed by atoms with E-state index < -0.39 is 27.9 Å². The predicted molar refractivity (Wildman–Crippen MR) is 45.6 cm³/mol. The molecule has 0 spiro atoms. The van der Waals surface area contributed by atoms with Crippen molar-refractivity contribution >= 4 is 17.4 Å². The summed E-state index contributed by atoms with van der Waals surface area (Å²) in [6.07, 6.45) is -2.78. The quantitative estimate of drug-likeness (QED) is 0.439. The van der Waals surface area contributed by atoms with E-state index in [4.69, 9.17) is 11.6 Å². The van der Waals surface area contributed by atoms with Gasteiger partial charge in [-0.2, -0.15) is 0 Å². The molecule has 1 heterocycles. The van der Waals surface area contributed by atoms with Crippen LogP contribution in [0.5, 0.6) is 0 Å². The summed E-state index contributed by atoms with van der Waals surface area (Å²) in [5.41, 5.74) is -0.426. The second-order valence-corrected chi connectivity index (χ2v) is 2.92. The summed E-state index contributed by atoms with van der Waals surface area (Å²) in [5, 5.41) is 9.82. The molecule has 1 rings (SSSR count). The van der Waals surface area contributed by atoms with Gasteiger partial charge in [-0.3, -0.25) is 0 Å². The van der Waals surface area contributed by atoms with E-state index in [1.165, 1.54) is 6.92 Å². The molecule has 1 aromatic heterocycles. The Labute approximate surface area is 82.7 Å². The topological polar surface area (TPSA) is 56.0 Å². The molecular formula is C7H5ClF2N2O2. The Balaban J connectivity index is 3.31. The van der Waals surface area contributed by atoms with E-state index in [1.807, 2.05) is 0 Å². The van der Waals surface area contributed by atoms with Crippen molar-refractivity contribution in [2.45, 2.75) is 13.3 Å². The first-order valence-corrected chi connectivity index (χ1v) is 3.91. The Hall–Kier alpha value is -1.30. The molecule has 4 nitrogen and oxygen atoms in total. The molecule has 14 heavy (non-hydrogen) atoms. The average molecular weight is 223 g/mol. The van der Waals surface area contributed by atoms with Gasteiger partial charge >= 0.3 is 5.82 Å². The number of nitro groups is 1. The predicted octanol–water partition coefficient (Wildman–Crippen LogP) is 2.89. The van der Waals surface area contributed by atoms with Crippen LogP contribution in [0.2, 0.25) is 5.15 Å². The Kier molecular flexibility index (Phi) is 2.95. The minimum absolute atomic E-state index is 0.0645. The number of halogens is 3. The molecule has 0 saturated carbocycles. The molecule has 0 atom stereocenters. The van der Waals surface area contributed by atoms with Crippen LogP contribution in [-0.2, 0) is 0 Å². The van der Waals surface area contributed by atoms with Gasteiger partial charge in [0.1, 0.15) is 0 Å². The lowest BCUT2D eigenvalue weighted by atomic mass is 10.2. The fraction of sp³-hybridized carbons (Fsp3) is 0.286. The van der Waals surface area contributed by atoms with E-state index in [-0.39, 0.29) is 5.56 Å². The molecule has 0 amide bonds. The highest BCUT2D eigenvalue weighted by atomic mass is 35.5. The highest BCUT2D eigenvalue weighted by molar-refractivity contribution is 6.30. The van der Waals surface area contributed by atoms with Crippen LogP contribution in [0.25, 0.3) is 0 Å². The minimum atomic E-state index is -2.78. The van der Waals surface area contributed by atoms with E-state index in [1.54, 1.807) is 0 Å². The number of hydrogen-bond acceptors (Lipinski definition) is 3. The Morgan fingerprint density at radius 1 is 1.64 bits per heavy atom. The third kappa shape index (κ3) is 1.95. The van der Waals surface area contributed by atoms with Gasteiger partial charge in [0, 0.05) is 5.56 Å². The van der Waals surface area contributed by atoms with E-state index in [0.29, 0.717) is 0 Å². The van der Waals surface area contributed by atoms with Gasteiger partial charge in [-0.25, -0.2) is 8.78 Å². The van der Waals surface area contributed by atoms with Gasteiger partial charge in [0.15, 0.2) is 0 Å². The molecule has 0 unspecified atom stereocenters. The van der Waals surface area contributed by atoms with Crippen molar-refractivity contribution < 1.29 is 13.7 Å². The smallest absolute Gasteiger partial charge is 0.358 e. The number of aryl methyl sites for hydroxylation is 1. The van der Waals surface area contributed by atoms with E-state index in [0.717, 1.165) is 6.07 Å². The zero-order valence-corrected chi connectivity index (χ0v) is 7.76. The van der Waals surface area contributed by atoms with Crippen molar-refractivity contribution in [3.05, 3.63) is 32.5 Å². The molecule has 0 aliphatic heterocycles. The van der Waals surface area contributed by atoms with Gasteiger partial charge in [-0.15, -0.1) is 0 Å². The zero-order chi connectivity index (χ0) is 10.9. The number of hydrogen-bond donors (Lipinski definition) is 0. The van der Waals surface area contributed by atoms with Gasteiger partial charge in [0.25, 0.3) is 11.6 Å². The molecule has 0 radical (unpaired) electrons. The van der Waals surface area contributed by atoms with Crippen LogP contribution < -0.4 is 0 Å². The molecule has 1 aromatic rings. The molecule has 76 valence electrons. The van der Waals surface area contributed by atoms with Gasteiger partial charge in [-0.1, -0.05) is 0 Å². The largest absolute Gasteiger partial charge is 0.368 e. The molecule has 0 fully saturated rings. The molecule has 7 heteroatoms. The van der Waals surface area contributed by atoms with Crippen LogP contribution in [0.4, 0.5) is 14.6 Å². The maximum Gasteiger partial charge on any atom is 0.368 e. The number of pyridine rings is 1. The van der Waals surface area contributed by atoms with Crippen molar-refractivity contribution in [1.82, 2.24) is 4.98 Å². The standard InChI is InChI=1S/C7H5ClF2N2O2/c1-3-2-4(6(9)10)5(8)11-7(3)12(13)14/h2,6H,1H3. The lowest BCUT2D eigenvalue weighted by molar-refractivity contribution is -0.390. The zero-order valence-electron chi connectivity index (χ0n) is 7.00. The summed E-state index contributed by atoms with van der Waals surface area (Å²) >= 11 is 5.34. The van der Waals surface area contributed by atoms with Crippen LogP contribution >= 0.6 is 11.6 Å². The first-order chi connectivity index (χ1) is 6.43. The van der Waals surface area contributed by atoms with Crippen LogP contribution in [0.3, 0.4) is 0 Å². The van der Waals surface area contributed by atoms with E-state index in [9.17, 15) is 18.9 Å². The van der Waals surface area contributed by atoms with Crippen molar-refractivity contribution in [2.75, 3.05) is 0 Å². The summed E-state index contributed by atoms with van der Waals surface area (Å²) < 4.78 is 24.5.